The third kappa shape index (κ3) is 4.58. The second-order valence-corrected chi connectivity index (χ2v) is 8.23. The molecule has 0 atom stereocenters. The summed E-state index contributed by atoms with van der Waals surface area (Å²) in [6, 6.07) is 2.04. The maximum atomic E-state index is 5.18. The second-order valence-electron chi connectivity index (χ2n) is 8.23. The molecule has 1 N–H and O–H groups in total. The van der Waals surface area contributed by atoms with Crippen molar-refractivity contribution < 1.29 is 4.52 Å². The van der Waals surface area contributed by atoms with Crippen molar-refractivity contribution in [2.24, 2.45) is 22.7 Å². The van der Waals surface area contributed by atoms with E-state index in [2.05, 4.69) is 27.2 Å². The van der Waals surface area contributed by atoms with E-state index in [9.17, 15) is 0 Å². The highest BCUT2D eigenvalue weighted by atomic mass is 16.5. The summed E-state index contributed by atoms with van der Waals surface area (Å²) in [4.78, 5) is 9.95. The molecular formula is C20H33N5O. The van der Waals surface area contributed by atoms with Gasteiger partial charge in [-0.05, 0) is 57.3 Å². The fraction of sp³-hybridized carbons (Fsp3) is 0.800. The van der Waals surface area contributed by atoms with Gasteiger partial charge in [-0.1, -0.05) is 5.16 Å². The first kappa shape index (κ1) is 17.8. The van der Waals surface area contributed by atoms with Gasteiger partial charge in [0, 0.05) is 51.9 Å². The Morgan fingerprint density at radius 2 is 1.92 bits per heavy atom. The lowest BCUT2D eigenvalue weighted by Crippen LogP contribution is -2.52. The predicted octanol–water partition coefficient (Wildman–Crippen LogP) is 2.50. The summed E-state index contributed by atoms with van der Waals surface area (Å²) in [5, 5.41) is 7.64. The first-order chi connectivity index (χ1) is 12.7. The van der Waals surface area contributed by atoms with Crippen molar-refractivity contribution in [3.05, 3.63) is 17.5 Å². The van der Waals surface area contributed by atoms with Crippen LogP contribution >= 0.6 is 0 Å². The molecule has 0 unspecified atom stereocenters. The Labute approximate surface area is 157 Å². The summed E-state index contributed by atoms with van der Waals surface area (Å²) < 4.78 is 5.18. The number of nitrogens with one attached hydrogen (secondary N) is 1. The van der Waals surface area contributed by atoms with Gasteiger partial charge in [0.1, 0.15) is 5.76 Å². The number of aliphatic imine (C=N–C) groups is 1. The molecule has 2 aliphatic carbocycles. The normalized spacial score (nSPS) is 22.3. The van der Waals surface area contributed by atoms with Crippen LogP contribution in [0.25, 0.3) is 0 Å². The quantitative estimate of drug-likeness (QED) is 0.599. The fourth-order valence-corrected chi connectivity index (χ4v) is 4.19. The Bertz CT molecular complexity index is 599. The SMILES string of the molecule is CCNC(=NCC(C1CC1)C1CC1)N1CCN(Cc2cc(C)on2)CC1. The molecule has 0 spiro atoms. The average molecular weight is 360 g/mol. The van der Waals surface area contributed by atoms with Gasteiger partial charge in [-0.3, -0.25) is 9.89 Å². The molecule has 2 heterocycles. The number of nitrogens with zero attached hydrogens (tertiary/aromatic N) is 4. The number of piperazine rings is 1. The maximum Gasteiger partial charge on any atom is 0.194 e. The van der Waals surface area contributed by atoms with Crippen LogP contribution in [0, 0.1) is 24.7 Å². The highest BCUT2D eigenvalue weighted by Crippen LogP contribution is 2.49. The zero-order chi connectivity index (χ0) is 17.9. The van der Waals surface area contributed by atoms with Crippen LogP contribution in [-0.4, -0.2) is 60.2 Å². The van der Waals surface area contributed by atoms with Crippen LogP contribution in [0.5, 0.6) is 0 Å². The summed E-state index contributed by atoms with van der Waals surface area (Å²) in [6.45, 7) is 11.1. The lowest BCUT2D eigenvalue weighted by Gasteiger charge is -2.36. The van der Waals surface area contributed by atoms with Crippen LogP contribution < -0.4 is 5.32 Å². The molecule has 1 saturated heterocycles. The van der Waals surface area contributed by atoms with Gasteiger partial charge in [0.25, 0.3) is 0 Å². The van der Waals surface area contributed by atoms with Gasteiger partial charge in [-0.15, -0.1) is 0 Å². The smallest absolute Gasteiger partial charge is 0.194 e. The number of rotatable bonds is 7. The van der Waals surface area contributed by atoms with Crippen LogP contribution in [0.15, 0.2) is 15.6 Å². The molecule has 3 aliphatic rings. The Hall–Kier alpha value is -1.56. The minimum atomic E-state index is 0.848. The van der Waals surface area contributed by atoms with E-state index < -0.39 is 0 Å². The summed E-state index contributed by atoms with van der Waals surface area (Å²) in [7, 11) is 0. The fourth-order valence-electron chi connectivity index (χ4n) is 4.19. The van der Waals surface area contributed by atoms with Gasteiger partial charge < -0.3 is 14.7 Å². The van der Waals surface area contributed by atoms with Gasteiger partial charge in [0.05, 0.1) is 5.69 Å². The Balaban J connectivity index is 1.30. The number of aryl methyl sites for hydroxylation is 1. The maximum absolute atomic E-state index is 5.18. The summed E-state index contributed by atoms with van der Waals surface area (Å²) >= 11 is 0. The molecule has 0 bridgehead atoms. The van der Waals surface area contributed by atoms with Crippen molar-refractivity contribution in [3.63, 3.8) is 0 Å². The highest BCUT2D eigenvalue weighted by Gasteiger charge is 2.41. The van der Waals surface area contributed by atoms with E-state index in [4.69, 9.17) is 9.52 Å². The molecule has 1 aliphatic heterocycles. The van der Waals surface area contributed by atoms with Gasteiger partial charge in [0.2, 0.25) is 0 Å². The first-order valence-corrected chi connectivity index (χ1v) is 10.4. The summed E-state index contributed by atoms with van der Waals surface area (Å²) in [6.07, 6.45) is 5.75. The van der Waals surface area contributed by atoms with Crippen LogP contribution in [-0.2, 0) is 6.54 Å². The summed E-state index contributed by atoms with van der Waals surface area (Å²) in [5.41, 5.74) is 1.04. The monoisotopic (exact) mass is 359 g/mol. The molecule has 1 aromatic rings. The molecule has 26 heavy (non-hydrogen) atoms. The molecule has 4 rings (SSSR count). The lowest BCUT2D eigenvalue weighted by atomic mass is 9.98. The summed E-state index contributed by atoms with van der Waals surface area (Å²) in [5.74, 6) is 4.80. The molecule has 0 radical (unpaired) electrons. The van der Waals surface area contributed by atoms with Crippen molar-refractivity contribution in [3.8, 4) is 0 Å². The molecule has 6 nitrogen and oxygen atoms in total. The number of hydrogen-bond donors (Lipinski definition) is 1. The molecule has 2 saturated carbocycles. The van der Waals surface area contributed by atoms with E-state index in [1.807, 2.05) is 13.0 Å². The van der Waals surface area contributed by atoms with Crippen LogP contribution in [0.1, 0.15) is 44.1 Å². The van der Waals surface area contributed by atoms with Crippen molar-refractivity contribution in [2.45, 2.75) is 46.1 Å². The van der Waals surface area contributed by atoms with Gasteiger partial charge >= 0.3 is 0 Å². The number of hydrogen-bond acceptors (Lipinski definition) is 4. The molecule has 0 amide bonds. The Morgan fingerprint density at radius 3 is 2.46 bits per heavy atom. The molecule has 0 aromatic carbocycles. The van der Waals surface area contributed by atoms with Crippen molar-refractivity contribution in [1.29, 1.82) is 0 Å². The largest absolute Gasteiger partial charge is 0.361 e. The molecular weight excluding hydrogens is 326 g/mol. The van der Waals surface area contributed by atoms with E-state index in [0.29, 0.717) is 0 Å². The minimum Gasteiger partial charge on any atom is -0.361 e. The van der Waals surface area contributed by atoms with Crippen molar-refractivity contribution >= 4 is 5.96 Å². The second kappa shape index (κ2) is 7.99. The van der Waals surface area contributed by atoms with E-state index in [1.54, 1.807) is 0 Å². The van der Waals surface area contributed by atoms with E-state index >= 15 is 0 Å². The van der Waals surface area contributed by atoms with Crippen LogP contribution in [0.4, 0.5) is 0 Å². The average Bonchev–Trinajstić information content (AvgIpc) is 3.56. The zero-order valence-electron chi connectivity index (χ0n) is 16.3. The third-order valence-corrected chi connectivity index (χ3v) is 5.98. The number of guanidine groups is 1. The van der Waals surface area contributed by atoms with E-state index in [-0.39, 0.29) is 0 Å². The van der Waals surface area contributed by atoms with E-state index in [1.165, 1.54) is 25.7 Å². The van der Waals surface area contributed by atoms with Gasteiger partial charge in [-0.25, -0.2) is 0 Å². The Kier molecular flexibility index (Phi) is 5.48. The van der Waals surface area contributed by atoms with Crippen molar-refractivity contribution in [2.75, 3.05) is 39.3 Å². The first-order valence-electron chi connectivity index (χ1n) is 10.4. The zero-order valence-corrected chi connectivity index (χ0v) is 16.3. The van der Waals surface area contributed by atoms with Gasteiger partial charge in [-0.2, -0.15) is 0 Å². The molecule has 1 aromatic heterocycles. The van der Waals surface area contributed by atoms with Crippen molar-refractivity contribution in [1.82, 2.24) is 20.3 Å². The topological polar surface area (TPSA) is 56.9 Å². The molecule has 3 fully saturated rings. The standard InChI is InChI=1S/C20H33N5O/c1-3-21-20(22-13-19(16-4-5-16)17-6-7-17)25-10-8-24(9-11-25)14-18-12-15(2)26-23-18/h12,16-17,19H,3-11,13-14H2,1-2H3,(H,21,22). The molecule has 144 valence electrons. The number of aromatic nitrogens is 1. The Morgan fingerprint density at radius 1 is 1.23 bits per heavy atom. The van der Waals surface area contributed by atoms with Gasteiger partial charge in [0.15, 0.2) is 5.96 Å². The lowest BCUT2D eigenvalue weighted by molar-refractivity contribution is 0.168. The van der Waals surface area contributed by atoms with Crippen LogP contribution in [0.2, 0.25) is 0 Å². The minimum absolute atomic E-state index is 0.848. The third-order valence-electron chi connectivity index (χ3n) is 5.98. The predicted molar refractivity (Wildman–Crippen MR) is 103 cm³/mol. The highest BCUT2D eigenvalue weighted by molar-refractivity contribution is 5.80. The van der Waals surface area contributed by atoms with E-state index in [0.717, 1.165) is 81.0 Å². The molecule has 6 heteroatoms. The van der Waals surface area contributed by atoms with Crippen LogP contribution in [0.3, 0.4) is 0 Å².